The number of anilines is 1. The van der Waals surface area contributed by atoms with Crippen molar-refractivity contribution in [1.82, 2.24) is 10.2 Å². The smallest absolute Gasteiger partial charge is 0.242 e. The van der Waals surface area contributed by atoms with E-state index in [-0.39, 0.29) is 49.6 Å². The summed E-state index contributed by atoms with van der Waals surface area (Å²) in [6.45, 7) is 7.66. The summed E-state index contributed by atoms with van der Waals surface area (Å²) in [5.41, 5.74) is 2.17. The van der Waals surface area contributed by atoms with Gasteiger partial charge in [0.1, 0.15) is 11.9 Å². The van der Waals surface area contributed by atoms with Gasteiger partial charge in [-0.05, 0) is 69.0 Å². The minimum Gasteiger partial charge on any atom is -0.352 e. The predicted octanol–water partition coefficient (Wildman–Crippen LogP) is 4.01. The minimum absolute atomic E-state index is 0.0367. The fourth-order valence-electron chi connectivity index (χ4n) is 3.62. The molecule has 2 amide bonds. The normalized spacial score (nSPS) is 13.1. The van der Waals surface area contributed by atoms with Crippen LogP contribution >= 0.6 is 0 Å². The Bertz CT molecular complexity index is 1110. The molecule has 0 aromatic heterocycles. The standard InChI is InChI=1S/C26H36FN3O4S/c1-6-20(3)28-26(32)21(4)29(18-22-12-14-23(27)15-13-22)25(31)11-8-16-30(35(5,33)34)24-10-7-9-19(2)17-24/h7,9-10,12-15,17,20-21H,6,8,11,16,18H2,1-5H3,(H,28,32)/t20-,21+/m1/s1. The summed E-state index contributed by atoms with van der Waals surface area (Å²) in [7, 11) is -3.54. The molecule has 0 fully saturated rings. The summed E-state index contributed by atoms with van der Waals surface area (Å²) in [6.07, 6.45) is 2.23. The van der Waals surface area contributed by atoms with E-state index in [9.17, 15) is 22.4 Å². The zero-order valence-corrected chi connectivity index (χ0v) is 21.9. The number of nitrogens with one attached hydrogen (secondary N) is 1. The molecular weight excluding hydrogens is 469 g/mol. The first-order valence-electron chi connectivity index (χ1n) is 11.8. The molecule has 0 aliphatic rings. The molecule has 2 rings (SSSR count). The molecule has 1 N–H and O–H groups in total. The number of benzene rings is 2. The third-order valence-corrected chi connectivity index (χ3v) is 7.07. The summed E-state index contributed by atoms with van der Waals surface area (Å²) >= 11 is 0. The van der Waals surface area contributed by atoms with E-state index in [4.69, 9.17) is 0 Å². The van der Waals surface area contributed by atoms with Gasteiger partial charge in [0.2, 0.25) is 21.8 Å². The fourth-order valence-corrected chi connectivity index (χ4v) is 4.58. The highest BCUT2D eigenvalue weighted by atomic mass is 32.2. The van der Waals surface area contributed by atoms with Crippen molar-refractivity contribution in [3.8, 4) is 0 Å². The van der Waals surface area contributed by atoms with Crippen molar-refractivity contribution in [3.05, 3.63) is 65.5 Å². The number of hydrogen-bond acceptors (Lipinski definition) is 4. The molecular formula is C26H36FN3O4S. The van der Waals surface area contributed by atoms with Gasteiger partial charge >= 0.3 is 0 Å². The van der Waals surface area contributed by atoms with E-state index in [1.54, 1.807) is 37.3 Å². The zero-order valence-electron chi connectivity index (χ0n) is 21.1. The summed E-state index contributed by atoms with van der Waals surface area (Å²) < 4.78 is 39.4. The monoisotopic (exact) mass is 505 g/mol. The second-order valence-electron chi connectivity index (χ2n) is 8.92. The third-order valence-electron chi connectivity index (χ3n) is 5.88. The summed E-state index contributed by atoms with van der Waals surface area (Å²) in [5.74, 6) is -0.933. The SMILES string of the molecule is CC[C@@H](C)NC(=O)[C@H](C)N(Cc1ccc(F)cc1)C(=O)CCCN(c1cccc(C)c1)S(C)(=O)=O. The zero-order chi connectivity index (χ0) is 26.2. The minimum atomic E-state index is -3.54. The van der Waals surface area contributed by atoms with Gasteiger partial charge in [0.15, 0.2) is 0 Å². The van der Waals surface area contributed by atoms with Crippen LogP contribution in [0.25, 0.3) is 0 Å². The fraction of sp³-hybridized carbons (Fsp3) is 0.462. The number of amides is 2. The lowest BCUT2D eigenvalue weighted by atomic mass is 10.1. The molecule has 9 heteroatoms. The Labute approximate surface area is 208 Å². The largest absolute Gasteiger partial charge is 0.352 e. The van der Waals surface area contributed by atoms with E-state index in [2.05, 4.69) is 5.32 Å². The molecule has 7 nitrogen and oxygen atoms in total. The molecule has 0 saturated heterocycles. The molecule has 2 atom stereocenters. The van der Waals surface area contributed by atoms with Crippen molar-refractivity contribution in [2.24, 2.45) is 0 Å². The van der Waals surface area contributed by atoms with Crippen LogP contribution in [-0.2, 0) is 26.2 Å². The van der Waals surface area contributed by atoms with Crippen molar-refractivity contribution in [3.63, 3.8) is 0 Å². The molecule has 0 radical (unpaired) electrons. The van der Waals surface area contributed by atoms with Crippen molar-refractivity contribution in [2.75, 3.05) is 17.1 Å². The van der Waals surface area contributed by atoms with Gasteiger partial charge in [0.05, 0.1) is 11.9 Å². The second kappa shape index (κ2) is 12.7. The second-order valence-corrected chi connectivity index (χ2v) is 10.8. The van der Waals surface area contributed by atoms with Gasteiger partial charge in [-0.25, -0.2) is 12.8 Å². The molecule has 0 unspecified atom stereocenters. The lowest BCUT2D eigenvalue weighted by molar-refractivity contribution is -0.140. The molecule has 0 aliphatic heterocycles. The number of rotatable bonds is 12. The van der Waals surface area contributed by atoms with Gasteiger partial charge in [-0.2, -0.15) is 0 Å². The van der Waals surface area contributed by atoms with Gasteiger partial charge in [-0.15, -0.1) is 0 Å². The Morgan fingerprint density at radius 3 is 2.31 bits per heavy atom. The van der Waals surface area contributed by atoms with Crippen molar-refractivity contribution >= 4 is 27.5 Å². The van der Waals surface area contributed by atoms with Gasteiger partial charge in [-0.1, -0.05) is 31.2 Å². The molecule has 2 aromatic carbocycles. The molecule has 0 bridgehead atoms. The number of sulfonamides is 1. The van der Waals surface area contributed by atoms with Crippen LogP contribution in [0.2, 0.25) is 0 Å². The number of hydrogen-bond donors (Lipinski definition) is 1. The number of halogens is 1. The number of nitrogens with zero attached hydrogens (tertiary/aromatic N) is 2. The lowest BCUT2D eigenvalue weighted by Crippen LogP contribution is -2.49. The van der Waals surface area contributed by atoms with Gasteiger partial charge in [-0.3, -0.25) is 13.9 Å². The van der Waals surface area contributed by atoms with Gasteiger partial charge in [0.25, 0.3) is 0 Å². The maximum absolute atomic E-state index is 13.4. The molecule has 0 heterocycles. The summed E-state index contributed by atoms with van der Waals surface area (Å²) in [5, 5.41) is 2.90. The molecule has 0 saturated carbocycles. The highest BCUT2D eigenvalue weighted by Gasteiger charge is 2.27. The first kappa shape index (κ1) is 28.3. The highest BCUT2D eigenvalue weighted by molar-refractivity contribution is 7.92. The van der Waals surface area contributed by atoms with Crippen LogP contribution in [0.4, 0.5) is 10.1 Å². The molecule has 192 valence electrons. The van der Waals surface area contributed by atoms with Crippen molar-refractivity contribution in [1.29, 1.82) is 0 Å². The van der Waals surface area contributed by atoms with E-state index >= 15 is 0 Å². The maximum Gasteiger partial charge on any atom is 0.242 e. The van der Waals surface area contributed by atoms with Crippen LogP contribution in [0.3, 0.4) is 0 Å². The van der Waals surface area contributed by atoms with Crippen molar-refractivity contribution < 1.29 is 22.4 Å². The number of carbonyl (C=O) groups is 2. The Morgan fingerprint density at radius 2 is 1.74 bits per heavy atom. The predicted molar refractivity (Wildman–Crippen MR) is 137 cm³/mol. The van der Waals surface area contributed by atoms with Gasteiger partial charge < -0.3 is 10.2 Å². The Hall–Kier alpha value is -2.94. The maximum atomic E-state index is 13.4. The van der Waals surface area contributed by atoms with E-state index in [0.29, 0.717) is 11.3 Å². The van der Waals surface area contributed by atoms with E-state index < -0.39 is 16.1 Å². The van der Waals surface area contributed by atoms with E-state index in [1.165, 1.54) is 21.3 Å². The number of aryl methyl sites for hydroxylation is 1. The van der Waals surface area contributed by atoms with Crippen LogP contribution in [0.5, 0.6) is 0 Å². The average Bonchev–Trinajstić information content (AvgIpc) is 2.79. The Balaban J connectivity index is 2.16. The highest BCUT2D eigenvalue weighted by Crippen LogP contribution is 2.20. The first-order valence-corrected chi connectivity index (χ1v) is 13.7. The summed E-state index contributed by atoms with van der Waals surface area (Å²) in [4.78, 5) is 27.5. The summed E-state index contributed by atoms with van der Waals surface area (Å²) in [6, 6.07) is 12.2. The van der Waals surface area contributed by atoms with Crippen LogP contribution in [0, 0.1) is 12.7 Å². The molecule has 0 aliphatic carbocycles. The van der Waals surface area contributed by atoms with Gasteiger partial charge in [0, 0.05) is 25.6 Å². The third kappa shape index (κ3) is 8.65. The number of carbonyl (C=O) groups excluding carboxylic acids is 2. The van der Waals surface area contributed by atoms with Crippen LogP contribution in [-0.4, -0.2) is 50.0 Å². The molecule has 35 heavy (non-hydrogen) atoms. The Kier molecular flexibility index (Phi) is 10.2. The Morgan fingerprint density at radius 1 is 1.09 bits per heavy atom. The average molecular weight is 506 g/mol. The topological polar surface area (TPSA) is 86.8 Å². The molecule has 0 spiro atoms. The first-order chi connectivity index (χ1) is 16.4. The van der Waals surface area contributed by atoms with Crippen LogP contribution in [0.1, 0.15) is 51.2 Å². The lowest BCUT2D eigenvalue weighted by Gasteiger charge is -2.30. The molecule has 2 aromatic rings. The van der Waals surface area contributed by atoms with E-state index in [0.717, 1.165) is 18.2 Å². The van der Waals surface area contributed by atoms with Crippen LogP contribution < -0.4 is 9.62 Å². The van der Waals surface area contributed by atoms with E-state index in [1.807, 2.05) is 26.8 Å². The van der Waals surface area contributed by atoms with Crippen LogP contribution in [0.15, 0.2) is 48.5 Å². The van der Waals surface area contributed by atoms with Crippen molar-refractivity contribution in [2.45, 2.75) is 65.6 Å². The quantitative estimate of drug-likeness (QED) is 0.472.